The van der Waals surface area contributed by atoms with E-state index in [1.807, 2.05) is 35.9 Å². The third-order valence-electron chi connectivity index (χ3n) is 7.71. The maximum Gasteiger partial charge on any atom is 0.176 e. The van der Waals surface area contributed by atoms with Gasteiger partial charge in [0, 0.05) is 19.5 Å². The lowest BCUT2D eigenvalue weighted by molar-refractivity contribution is -0.141. The maximum absolute atomic E-state index is 13.7. The summed E-state index contributed by atoms with van der Waals surface area (Å²) in [5.41, 5.74) is 2.44. The lowest BCUT2D eigenvalue weighted by atomic mass is 9.67. The van der Waals surface area contributed by atoms with Crippen LogP contribution in [0.1, 0.15) is 44.9 Å². The van der Waals surface area contributed by atoms with Crippen molar-refractivity contribution in [2.24, 2.45) is 24.8 Å². The first kappa shape index (κ1) is 20.7. The Bertz CT molecular complexity index is 991. The van der Waals surface area contributed by atoms with Crippen molar-refractivity contribution in [3.8, 4) is 0 Å². The van der Waals surface area contributed by atoms with Crippen molar-refractivity contribution in [3.05, 3.63) is 36.4 Å². The highest BCUT2D eigenvalue weighted by Gasteiger charge is 2.50. The summed E-state index contributed by atoms with van der Waals surface area (Å²) in [7, 11) is 1.95. The highest BCUT2D eigenvalue weighted by molar-refractivity contribution is 6.21. The molecule has 0 amide bonds. The average molecular weight is 424 g/mol. The molecule has 2 aliphatic heterocycles. The van der Waals surface area contributed by atoms with Crippen molar-refractivity contribution in [1.29, 1.82) is 0 Å². The van der Waals surface area contributed by atoms with Crippen LogP contribution in [0.3, 0.4) is 0 Å². The number of allylic oxidation sites excluding steroid dienone is 1. The maximum atomic E-state index is 13.7. The number of ketones is 1. The lowest BCUT2D eigenvalue weighted by Crippen LogP contribution is -2.55. The fraction of sp³-hybridized carbons (Fsp3) is 0.600. The number of piperidine rings is 1. The van der Waals surface area contributed by atoms with Crippen LogP contribution in [0.4, 0.5) is 0 Å². The summed E-state index contributed by atoms with van der Waals surface area (Å²) >= 11 is 0. The molecule has 5 atom stereocenters. The van der Waals surface area contributed by atoms with E-state index in [1.54, 1.807) is 6.26 Å². The number of likely N-dealkylation sites (tertiary alicyclic amines) is 1. The van der Waals surface area contributed by atoms with Gasteiger partial charge in [0.2, 0.25) is 0 Å². The summed E-state index contributed by atoms with van der Waals surface area (Å²) in [6.45, 7) is 5.07. The van der Waals surface area contributed by atoms with E-state index in [0.717, 1.165) is 37.1 Å². The van der Waals surface area contributed by atoms with Gasteiger partial charge < -0.3 is 19.3 Å². The predicted octanol–water partition coefficient (Wildman–Crippen LogP) is 3.39. The summed E-state index contributed by atoms with van der Waals surface area (Å²) in [5, 5.41) is 11.2. The van der Waals surface area contributed by atoms with E-state index in [2.05, 4.69) is 11.8 Å². The van der Waals surface area contributed by atoms with E-state index in [-0.39, 0.29) is 29.6 Å². The molecule has 166 valence electrons. The normalized spacial score (nSPS) is 31.9. The van der Waals surface area contributed by atoms with Gasteiger partial charge in [0.15, 0.2) is 5.78 Å². The molecular weight excluding hydrogens is 390 g/mol. The van der Waals surface area contributed by atoms with Gasteiger partial charge in [-0.2, -0.15) is 0 Å². The largest absolute Gasteiger partial charge is 0.496 e. The van der Waals surface area contributed by atoms with Gasteiger partial charge in [0.25, 0.3) is 0 Å². The number of benzene rings is 1. The topological polar surface area (TPSA) is 67.6 Å². The van der Waals surface area contributed by atoms with E-state index >= 15 is 0 Å². The minimum Gasteiger partial charge on any atom is -0.496 e. The number of rotatable bonds is 4. The first-order valence-electron chi connectivity index (χ1n) is 11.8. The molecule has 0 bridgehead atoms. The Morgan fingerprint density at radius 3 is 2.71 bits per heavy atom. The molecule has 31 heavy (non-hydrogen) atoms. The van der Waals surface area contributed by atoms with Crippen molar-refractivity contribution < 1.29 is 14.6 Å². The molecule has 2 fully saturated rings. The standard InChI is InChI=1S/C25H33N3O3/c1-3-16-13-17-23(30)19(25-26-20-9-5-6-10-21(20)27(25)2)15-31-24(17)18(22(16)29)14-28-11-7-4-8-12-28/h5-6,9-10,15-18,22,24,29H,3-4,7-8,11-14H2,1-2H3. The number of aliphatic hydroxyl groups is 1. The second-order valence-corrected chi connectivity index (χ2v) is 9.51. The van der Waals surface area contributed by atoms with Gasteiger partial charge in [-0.05, 0) is 50.4 Å². The molecule has 1 aliphatic carbocycles. The Balaban J connectivity index is 1.46. The number of aliphatic hydroxyl groups excluding tert-OH is 1. The molecule has 1 saturated heterocycles. The molecule has 1 aromatic heterocycles. The number of hydrogen-bond acceptors (Lipinski definition) is 5. The Morgan fingerprint density at radius 1 is 1.19 bits per heavy atom. The first-order valence-corrected chi connectivity index (χ1v) is 11.8. The summed E-state index contributed by atoms with van der Waals surface area (Å²) in [6.07, 6.45) is 6.20. The van der Waals surface area contributed by atoms with Gasteiger partial charge in [-0.1, -0.05) is 31.9 Å². The molecule has 2 aromatic rings. The van der Waals surface area contributed by atoms with E-state index in [0.29, 0.717) is 17.8 Å². The smallest absolute Gasteiger partial charge is 0.176 e. The highest BCUT2D eigenvalue weighted by atomic mass is 16.5. The Morgan fingerprint density at radius 2 is 1.97 bits per heavy atom. The molecule has 1 aromatic carbocycles. The zero-order chi connectivity index (χ0) is 21.5. The molecule has 5 rings (SSSR count). The molecule has 1 saturated carbocycles. The molecular formula is C25H33N3O3. The van der Waals surface area contributed by atoms with Crippen molar-refractivity contribution in [1.82, 2.24) is 14.5 Å². The zero-order valence-electron chi connectivity index (χ0n) is 18.5. The summed E-state index contributed by atoms with van der Waals surface area (Å²) in [4.78, 5) is 20.9. The zero-order valence-corrected chi connectivity index (χ0v) is 18.5. The average Bonchev–Trinajstić information content (AvgIpc) is 3.13. The molecule has 3 aliphatic rings. The fourth-order valence-electron chi connectivity index (χ4n) is 5.91. The second-order valence-electron chi connectivity index (χ2n) is 9.51. The van der Waals surface area contributed by atoms with Crippen LogP contribution in [-0.4, -0.2) is 57.2 Å². The molecule has 6 heteroatoms. The number of fused-ring (bicyclic) bond motifs is 2. The van der Waals surface area contributed by atoms with Crippen LogP contribution in [0.25, 0.3) is 16.6 Å². The highest BCUT2D eigenvalue weighted by Crippen LogP contribution is 2.43. The Hall–Kier alpha value is -2.18. The Kier molecular flexibility index (Phi) is 5.61. The number of imidazole rings is 1. The van der Waals surface area contributed by atoms with Gasteiger partial charge in [0.1, 0.15) is 11.9 Å². The SMILES string of the molecule is CCC1CC2C(=O)C(c3nc4ccccc4n3C)=COC2C(CN2CCCCC2)C1O. The molecule has 6 nitrogen and oxygen atoms in total. The third kappa shape index (κ3) is 3.60. The van der Waals surface area contributed by atoms with Crippen molar-refractivity contribution in [3.63, 3.8) is 0 Å². The van der Waals surface area contributed by atoms with Gasteiger partial charge >= 0.3 is 0 Å². The molecule has 0 spiro atoms. The number of Topliss-reactive ketones (excluding diaryl/α,β-unsaturated/α-hetero) is 1. The summed E-state index contributed by atoms with van der Waals surface area (Å²) in [5.74, 6) is 0.649. The van der Waals surface area contributed by atoms with Gasteiger partial charge in [-0.3, -0.25) is 4.79 Å². The third-order valence-corrected chi connectivity index (χ3v) is 7.71. The summed E-state index contributed by atoms with van der Waals surface area (Å²) in [6, 6.07) is 7.93. The lowest BCUT2D eigenvalue weighted by Gasteiger charge is -2.47. The molecule has 5 unspecified atom stereocenters. The number of aromatic nitrogens is 2. The van der Waals surface area contributed by atoms with Crippen LogP contribution in [0.2, 0.25) is 0 Å². The van der Waals surface area contributed by atoms with E-state index in [9.17, 15) is 9.90 Å². The van der Waals surface area contributed by atoms with Crippen LogP contribution in [0.5, 0.6) is 0 Å². The number of aryl methyl sites for hydroxylation is 1. The van der Waals surface area contributed by atoms with E-state index < -0.39 is 6.10 Å². The molecule has 1 N–H and O–H groups in total. The van der Waals surface area contributed by atoms with E-state index in [4.69, 9.17) is 9.72 Å². The van der Waals surface area contributed by atoms with Gasteiger partial charge in [-0.15, -0.1) is 0 Å². The first-order chi connectivity index (χ1) is 15.1. The number of nitrogens with zero attached hydrogens (tertiary/aromatic N) is 3. The van der Waals surface area contributed by atoms with Crippen molar-refractivity contribution >= 4 is 22.4 Å². The fourth-order valence-corrected chi connectivity index (χ4v) is 5.91. The molecule has 0 radical (unpaired) electrons. The Labute approximate surface area is 183 Å². The van der Waals surface area contributed by atoms with Gasteiger partial charge in [0.05, 0.1) is 34.9 Å². The number of carbonyl (C=O) groups excluding carboxylic acids is 1. The number of hydrogen-bond donors (Lipinski definition) is 1. The van der Waals surface area contributed by atoms with Crippen LogP contribution in [0.15, 0.2) is 30.5 Å². The van der Waals surface area contributed by atoms with Crippen LogP contribution in [-0.2, 0) is 16.6 Å². The minimum atomic E-state index is -0.424. The number of carbonyl (C=O) groups is 1. The molecule has 3 heterocycles. The van der Waals surface area contributed by atoms with Crippen LogP contribution < -0.4 is 0 Å². The van der Waals surface area contributed by atoms with E-state index in [1.165, 1.54) is 19.3 Å². The quantitative estimate of drug-likeness (QED) is 0.817. The van der Waals surface area contributed by atoms with Crippen LogP contribution in [0, 0.1) is 17.8 Å². The monoisotopic (exact) mass is 423 g/mol. The number of ether oxygens (including phenoxy) is 1. The van der Waals surface area contributed by atoms with Crippen molar-refractivity contribution in [2.45, 2.75) is 51.2 Å². The second kappa shape index (κ2) is 8.40. The number of para-hydroxylation sites is 2. The summed E-state index contributed by atoms with van der Waals surface area (Å²) < 4.78 is 8.24. The predicted molar refractivity (Wildman–Crippen MR) is 120 cm³/mol. The van der Waals surface area contributed by atoms with Gasteiger partial charge in [-0.25, -0.2) is 4.98 Å². The minimum absolute atomic E-state index is 0.0380. The van der Waals surface area contributed by atoms with Crippen molar-refractivity contribution in [2.75, 3.05) is 19.6 Å². The van der Waals surface area contributed by atoms with Crippen LogP contribution >= 0.6 is 0 Å².